The van der Waals surface area contributed by atoms with Gasteiger partial charge in [-0.2, -0.15) is 0 Å². The molecule has 0 nitrogen and oxygen atoms in total. The molecule has 0 bridgehead atoms. The van der Waals surface area contributed by atoms with Gasteiger partial charge in [-0.05, 0) is 0 Å². The van der Waals surface area contributed by atoms with Gasteiger partial charge in [0.2, 0.25) is 0 Å². The monoisotopic (exact) mass is 263 g/mol. The number of halogens is 3. The molecule has 0 heterocycles. The zero-order valence-electron chi connectivity index (χ0n) is 7.25. The van der Waals surface area contributed by atoms with Gasteiger partial charge < -0.3 is 0 Å². The second-order valence-corrected chi connectivity index (χ2v) is 7.07. The average Bonchev–Trinajstić information content (AvgIpc) is 1.96. The van der Waals surface area contributed by atoms with Crippen LogP contribution < -0.4 is 0 Å². The molecule has 0 fully saturated rings. The van der Waals surface area contributed by atoms with E-state index in [0.717, 1.165) is 12.8 Å². The van der Waals surface area contributed by atoms with Gasteiger partial charge in [0.25, 0.3) is 0 Å². The molecule has 0 radical (unpaired) electrons. The molecular weight excluding hydrogens is 250 g/mol. The number of hydrogen-bond donors (Lipinski definition) is 0. The molecule has 0 aliphatic rings. The Morgan fingerprint density at radius 1 is 1.25 bits per heavy atom. The van der Waals surface area contributed by atoms with Gasteiger partial charge in [0.15, 0.2) is 0 Å². The second-order valence-electron chi connectivity index (χ2n) is 2.94. The van der Waals surface area contributed by atoms with E-state index < -0.39 is 2.64 Å². The Kier molecular flexibility index (Phi) is 7.87. The molecule has 12 heavy (non-hydrogen) atoms. The Morgan fingerprint density at radius 2 is 1.83 bits per heavy atom. The Hall–Kier alpha value is 1.58. The molecule has 1 atom stereocenters. The van der Waals surface area contributed by atoms with E-state index in [4.69, 9.17) is 34.8 Å². The van der Waals surface area contributed by atoms with Crippen molar-refractivity contribution in [2.45, 2.75) is 47.0 Å². The summed E-state index contributed by atoms with van der Waals surface area (Å²) >= 11 is 19.4. The van der Waals surface area contributed by atoms with Crippen molar-refractivity contribution in [3.8, 4) is 0 Å². The van der Waals surface area contributed by atoms with Crippen LogP contribution in [0, 0.1) is 0 Å². The third-order valence-corrected chi connectivity index (χ3v) is 3.83. The summed E-state index contributed by atoms with van der Waals surface area (Å²) in [5, 5.41) is -0.127. The molecule has 0 aromatic heterocycles. The molecule has 4 heteroatoms. The van der Waals surface area contributed by atoms with Crippen molar-refractivity contribution in [1.29, 1.82) is 0 Å². The first-order valence-corrected chi connectivity index (χ1v) is 6.22. The normalized spacial score (nSPS) is 14.6. The number of hydrogen-bond acceptors (Lipinski definition) is 0. The average molecular weight is 264 g/mol. The minimum absolute atomic E-state index is 0.127. The molecule has 1 unspecified atom stereocenters. The zero-order valence-corrected chi connectivity index (χ0v) is 11.1. The summed E-state index contributed by atoms with van der Waals surface area (Å²) in [6, 6.07) is 0. The van der Waals surface area contributed by atoms with Crippen LogP contribution in [0.3, 0.4) is 0 Å². The fraction of sp³-hybridized carbons (Fsp3) is 1.00. The van der Waals surface area contributed by atoms with E-state index in [0.29, 0.717) is 0 Å². The van der Waals surface area contributed by atoms with Crippen LogP contribution in [0.4, 0.5) is 0 Å². The van der Waals surface area contributed by atoms with E-state index >= 15 is 0 Å². The summed E-state index contributed by atoms with van der Waals surface area (Å²) in [6.07, 6.45) is 5.77. The van der Waals surface area contributed by atoms with Gasteiger partial charge in [-0.1, -0.05) is 0 Å². The summed E-state index contributed by atoms with van der Waals surface area (Å²) in [7, 11) is 0. The quantitative estimate of drug-likeness (QED) is 0.382. The van der Waals surface area contributed by atoms with E-state index in [1.807, 2.05) is 0 Å². The van der Waals surface area contributed by atoms with Crippen molar-refractivity contribution < 1.29 is 20.4 Å². The summed E-state index contributed by atoms with van der Waals surface area (Å²) in [5.41, 5.74) is 0. The van der Waals surface area contributed by atoms with Crippen LogP contribution in [0.1, 0.15) is 39.0 Å². The van der Waals surface area contributed by atoms with Gasteiger partial charge in [0, 0.05) is 0 Å². The van der Waals surface area contributed by atoms with Gasteiger partial charge in [0.05, 0.1) is 0 Å². The fourth-order valence-electron chi connectivity index (χ4n) is 0.932. The first kappa shape index (κ1) is 13.6. The van der Waals surface area contributed by atoms with Crippen molar-refractivity contribution in [2.24, 2.45) is 0 Å². The van der Waals surface area contributed by atoms with Crippen LogP contribution in [0.25, 0.3) is 0 Å². The Balaban J connectivity index is 3.38. The molecule has 0 spiro atoms. The first-order chi connectivity index (χ1) is 5.48. The van der Waals surface area contributed by atoms with E-state index in [1.54, 1.807) is 20.4 Å². The van der Waals surface area contributed by atoms with Crippen molar-refractivity contribution in [3.05, 3.63) is 0 Å². The van der Waals surface area contributed by atoms with Crippen LogP contribution in [0.2, 0.25) is 0 Å². The van der Waals surface area contributed by atoms with Gasteiger partial charge >= 0.3 is 102 Å². The molecule has 0 N–H and O–H groups in total. The molecule has 0 aliphatic carbocycles. The third kappa shape index (κ3) is 7.03. The maximum atomic E-state index is 5.97. The predicted octanol–water partition coefficient (Wildman–Crippen LogP) is 4.24. The van der Waals surface area contributed by atoms with Gasteiger partial charge in [-0.3, -0.25) is 0 Å². The Morgan fingerprint density at radius 3 is 2.25 bits per heavy atom. The van der Waals surface area contributed by atoms with Crippen LogP contribution in [0.15, 0.2) is 0 Å². The van der Waals surface area contributed by atoms with Gasteiger partial charge in [-0.15, -0.1) is 0 Å². The molecular formula is C8H14Cl3Ti. The summed E-state index contributed by atoms with van der Waals surface area (Å²) < 4.78 is -0.784. The van der Waals surface area contributed by atoms with E-state index in [2.05, 4.69) is 6.92 Å². The van der Waals surface area contributed by atoms with E-state index in [9.17, 15) is 0 Å². The van der Waals surface area contributed by atoms with E-state index in [-0.39, 0.29) is 5.38 Å². The fourth-order valence-corrected chi connectivity index (χ4v) is 1.53. The Labute approximate surface area is 102 Å². The molecule has 0 aliphatic heterocycles. The van der Waals surface area contributed by atoms with Crippen LogP contribution in [0.5, 0.6) is 0 Å². The minimum atomic E-state index is -0.784. The van der Waals surface area contributed by atoms with Crippen molar-refractivity contribution in [1.82, 2.24) is 0 Å². The standard InChI is InChI=1S/C8H14Cl3.Ti/c1-2-3-4-5-6-7(9)8(10)11;/h7H,2-6H2,1H3;. The van der Waals surface area contributed by atoms with Gasteiger partial charge in [0.1, 0.15) is 0 Å². The van der Waals surface area contributed by atoms with Crippen molar-refractivity contribution >= 4 is 34.8 Å². The van der Waals surface area contributed by atoms with Crippen LogP contribution >= 0.6 is 34.8 Å². The molecule has 0 saturated heterocycles. The first-order valence-electron chi connectivity index (χ1n) is 4.25. The summed E-state index contributed by atoms with van der Waals surface area (Å²) in [6.45, 7) is 2.19. The molecule has 0 aromatic rings. The molecule has 0 rings (SSSR count). The van der Waals surface area contributed by atoms with Gasteiger partial charge in [-0.25, -0.2) is 0 Å². The number of unbranched alkanes of at least 4 members (excludes halogenated alkanes) is 3. The SMILES string of the molecule is CCCCCCC(Cl)[C](Cl)(Cl)[Ti]. The molecule has 0 aromatic carbocycles. The summed E-state index contributed by atoms with van der Waals surface area (Å²) in [4.78, 5) is 0. The maximum absolute atomic E-state index is 5.97. The topological polar surface area (TPSA) is 0 Å². The molecule has 0 saturated carbocycles. The van der Waals surface area contributed by atoms with Crippen LogP contribution in [-0.4, -0.2) is 8.02 Å². The summed E-state index contributed by atoms with van der Waals surface area (Å²) in [5.74, 6) is 0. The predicted molar refractivity (Wildman–Crippen MR) is 52.8 cm³/mol. The van der Waals surface area contributed by atoms with Crippen molar-refractivity contribution in [3.63, 3.8) is 0 Å². The zero-order chi connectivity index (χ0) is 9.61. The second kappa shape index (κ2) is 6.95. The van der Waals surface area contributed by atoms with Crippen LogP contribution in [-0.2, 0) is 20.4 Å². The van der Waals surface area contributed by atoms with E-state index in [1.165, 1.54) is 19.3 Å². The van der Waals surface area contributed by atoms with Crippen molar-refractivity contribution in [2.75, 3.05) is 0 Å². The number of rotatable bonds is 6. The Bertz CT molecular complexity index is 111. The molecule has 0 amide bonds. The third-order valence-electron chi connectivity index (χ3n) is 1.70. The number of alkyl halides is 3. The molecule has 71 valence electrons.